The van der Waals surface area contributed by atoms with Gasteiger partial charge in [0.25, 0.3) is 11.6 Å². The Bertz CT molecular complexity index is 1400. The molecule has 176 valence electrons. The number of Topliss-reactive ketones (excluding diaryl/α,β-unsaturated/α-hetero) is 2. The molecule has 35 heavy (non-hydrogen) atoms. The number of esters is 1. The normalized spacial score (nSPS) is 15.0. The maximum atomic E-state index is 13.5. The molecular formula is C26H20N2O7. The number of hydrogen-bond donors (Lipinski definition) is 1. The molecule has 1 N–H and O–H groups in total. The average Bonchev–Trinajstić information content (AvgIpc) is 3.17. The lowest BCUT2D eigenvalue weighted by Crippen LogP contribution is -2.38. The number of nitrogens with one attached hydrogen (secondary N) is 1. The van der Waals surface area contributed by atoms with Crippen LogP contribution in [0.1, 0.15) is 43.5 Å². The van der Waals surface area contributed by atoms with Gasteiger partial charge in [-0.05, 0) is 31.5 Å². The van der Waals surface area contributed by atoms with Crippen LogP contribution in [0, 0.1) is 29.9 Å². The number of ether oxygens (including phenoxy) is 1. The number of carbonyl (C=O) groups is 4. The van der Waals surface area contributed by atoms with Gasteiger partial charge in [-0.15, -0.1) is 0 Å². The summed E-state index contributed by atoms with van der Waals surface area (Å²) in [6, 6.07) is 16.3. The first-order valence-electron chi connectivity index (χ1n) is 10.7. The number of anilines is 1. The Balaban J connectivity index is 1.74. The first-order chi connectivity index (χ1) is 16.7. The van der Waals surface area contributed by atoms with Crippen molar-refractivity contribution < 1.29 is 28.8 Å². The van der Waals surface area contributed by atoms with E-state index in [9.17, 15) is 29.3 Å². The summed E-state index contributed by atoms with van der Waals surface area (Å²) in [4.78, 5) is 62.9. The van der Waals surface area contributed by atoms with E-state index in [4.69, 9.17) is 4.74 Å². The summed E-state index contributed by atoms with van der Waals surface area (Å²) in [5.74, 6) is -5.54. The molecule has 3 aromatic carbocycles. The second kappa shape index (κ2) is 9.30. The minimum absolute atomic E-state index is 0.155. The Morgan fingerprint density at radius 2 is 1.74 bits per heavy atom. The number of aryl methyl sites for hydroxylation is 2. The minimum atomic E-state index is -1.74. The first-order valence-corrected chi connectivity index (χ1v) is 10.7. The van der Waals surface area contributed by atoms with E-state index in [1.54, 1.807) is 31.2 Å². The Hall–Kier alpha value is -4.66. The number of benzene rings is 3. The van der Waals surface area contributed by atoms with Gasteiger partial charge in [-0.2, -0.15) is 0 Å². The fraction of sp³-hybridized carbons (Fsp3) is 0.154. The largest absolute Gasteiger partial charge is 0.453 e. The topological polar surface area (TPSA) is 133 Å². The zero-order chi connectivity index (χ0) is 25.3. The third-order valence-corrected chi connectivity index (χ3v) is 5.78. The molecule has 0 bridgehead atoms. The van der Waals surface area contributed by atoms with Crippen molar-refractivity contribution in [3.63, 3.8) is 0 Å². The van der Waals surface area contributed by atoms with E-state index in [1.807, 2.05) is 13.0 Å². The van der Waals surface area contributed by atoms with E-state index in [0.29, 0.717) is 11.3 Å². The highest BCUT2D eigenvalue weighted by molar-refractivity contribution is 6.45. The van der Waals surface area contributed by atoms with Gasteiger partial charge < -0.3 is 10.1 Å². The number of fused-ring (bicyclic) bond motifs is 1. The van der Waals surface area contributed by atoms with E-state index >= 15 is 0 Å². The molecule has 2 atom stereocenters. The van der Waals surface area contributed by atoms with E-state index in [0.717, 1.165) is 11.6 Å². The molecule has 1 aliphatic rings. The van der Waals surface area contributed by atoms with Crippen LogP contribution in [0.3, 0.4) is 0 Å². The van der Waals surface area contributed by atoms with Crippen molar-refractivity contribution in [2.45, 2.75) is 20.0 Å². The van der Waals surface area contributed by atoms with Gasteiger partial charge in [-0.1, -0.05) is 48.0 Å². The van der Waals surface area contributed by atoms with Gasteiger partial charge in [0.2, 0.25) is 5.78 Å². The maximum Gasteiger partial charge on any atom is 0.339 e. The summed E-state index contributed by atoms with van der Waals surface area (Å²) in [7, 11) is 0. The summed E-state index contributed by atoms with van der Waals surface area (Å²) < 4.78 is 5.38. The van der Waals surface area contributed by atoms with Gasteiger partial charge in [-0.25, -0.2) is 4.79 Å². The second-order valence-corrected chi connectivity index (χ2v) is 8.20. The lowest BCUT2D eigenvalue weighted by Gasteiger charge is -2.21. The lowest BCUT2D eigenvalue weighted by atomic mass is 9.84. The Morgan fingerprint density at radius 1 is 1.00 bits per heavy atom. The zero-order valence-electron chi connectivity index (χ0n) is 18.8. The number of non-ortho nitro benzene ring substituents is 1. The zero-order valence-corrected chi connectivity index (χ0v) is 18.8. The fourth-order valence-corrected chi connectivity index (χ4v) is 4.05. The van der Waals surface area contributed by atoms with Crippen molar-refractivity contribution >= 4 is 34.8 Å². The molecule has 0 spiro atoms. The van der Waals surface area contributed by atoms with Crippen molar-refractivity contribution in [3.05, 3.63) is 105 Å². The van der Waals surface area contributed by atoms with Crippen LogP contribution in [0.25, 0.3) is 0 Å². The predicted molar refractivity (Wildman–Crippen MR) is 125 cm³/mol. The minimum Gasteiger partial charge on any atom is -0.453 e. The maximum absolute atomic E-state index is 13.5. The number of nitro benzene ring substituents is 1. The summed E-state index contributed by atoms with van der Waals surface area (Å²) in [6.45, 7) is 3.64. The van der Waals surface area contributed by atoms with Crippen molar-refractivity contribution in [3.8, 4) is 0 Å². The summed E-state index contributed by atoms with van der Waals surface area (Å²) in [5, 5.41) is 13.7. The van der Waals surface area contributed by atoms with Gasteiger partial charge in [-0.3, -0.25) is 24.5 Å². The van der Waals surface area contributed by atoms with Crippen LogP contribution in [0.5, 0.6) is 0 Å². The molecule has 0 aliphatic carbocycles. The van der Waals surface area contributed by atoms with E-state index < -0.39 is 40.4 Å². The second-order valence-electron chi connectivity index (χ2n) is 8.20. The molecule has 3 aromatic rings. The number of hydrogen-bond acceptors (Lipinski definition) is 7. The van der Waals surface area contributed by atoms with Crippen LogP contribution in [-0.2, 0) is 14.3 Å². The average molecular weight is 472 g/mol. The molecule has 1 aliphatic heterocycles. The van der Waals surface area contributed by atoms with Crippen molar-refractivity contribution in [2.75, 3.05) is 5.32 Å². The Labute approximate surface area is 199 Å². The van der Waals surface area contributed by atoms with Crippen LogP contribution in [0.2, 0.25) is 0 Å². The number of nitrogens with zero attached hydrogens (tertiary/aromatic N) is 1. The quantitative estimate of drug-likeness (QED) is 0.136. The highest BCUT2D eigenvalue weighted by Gasteiger charge is 2.46. The molecule has 0 fully saturated rings. The Kier molecular flexibility index (Phi) is 6.24. The predicted octanol–water partition coefficient (Wildman–Crippen LogP) is 4.13. The number of carbonyl (C=O) groups excluding carboxylic acids is 4. The Morgan fingerprint density at radius 3 is 2.46 bits per heavy atom. The smallest absolute Gasteiger partial charge is 0.339 e. The third kappa shape index (κ3) is 4.56. The fourth-order valence-electron chi connectivity index (χ4n) is 4.05. The standard InChI is InChI=1S/C26H20N2O7/c1-14-10-11-20(15(2)12-14)27-25(31)23(30)21(22(29)16-6-5-7-17(13-16)28(33)34)24-18-8-3-4-9-19(18)26(32)35-24/h3-13,21,24H,1-2H3,(H,27,31)/t21-,24+/m0/s1. The van der Waals surface area contributed by atoms with Crippen LogP contribution < -0.4 is 5.32 Å². The number of nitro groups is 1. The van der Waals surface area contributed by atoms with Crippen LogP contribution >= 0.6 is 0 Å². The number of ketones is 2. The summed E-state index contributed by atoms with van der Waals surface area (Å²) >= 11 is 0. The lowest BCUT2D eigenvalue weighted by molar-refractivity contribution is -0.384. The monoisotopic (exact) mass is 472 g/mol. The number of amides is 1. The van der Waals surface area contributed by atoms with Gasteiger partial charge in [0, 0.05) is 28.9 Å². The summed E-state index contributed by atoms with van der Waals surface area (Å²) in [6.07, 6.45) is -1.36. The van der Waals surface area contributed by atoms with Crippen LogP contribution in [-0.4, -0.2) is 28.4 Å². The first kappa shape index (κ1) is 23.5. The van der Waals surface area contributed by atoms with Crippen molar-refractivity contribution in [2.24, 2.45) is 5.92 Å². The van der Waals surface area contributed by atoms with Gasteiger partial charge in [0.15, 0.2) is 5.78 Å². The highest BCUT2D eigenvalue weighted by atomic mass is 16.6. The number of cyclic esters (lactones) is 1. The molecule has 9 heteroatoms. The molecule has 0 saturated carbocycles. The molecule has 0 unspecified atom stereocenters. The van der Waals surface area contributed by atoms with Crippen molar-refractivity contribution in [1.29, 1.82) is 0 Å². The number of rotatable bonds is 7. The van der Waals surface area contributed by atoms with Gasteiger partial charge >= 0.3 is 5.97 Å². The third-order valence-electron chi connectivity index (χ3n) is 5.78. The van der Waals surface area contributed by atoms with Crippen LogP contribution in [0.4, 0.5) is 11.4 Å². The summed E-state index contributed by atoms with van der Waals surface area (Å²) in [5.41, 5.74) is 2.01. The van der Waals surface area contributed by atoms with Gasteiger partial charge in [0.05, 0.1) is 10.5 Å². The molecule has 1 amide bonds. The molecule has 0 saturated heterocycles. The molecule has 4 rings (SSSR count). The molecule has 0 aromatic heterocycles. The molecular weight excluding hydrogens is 452 g/mol. The van der Waals surface area contributed by atoms with E-state index in [1.165, 1.54) is 30.3 Å². The van der Waals surface area contributed by atoms with Crippen LogP contribution in [0.15, 0.2) is 66.7 Å². The van der Waals surface area contributed by atoms with E-state index in [-0.39, 0.29) is 22.4 Å². The molecule has 0 radical (unpaired) electrons. The molecule has 1 heterocycles. The SMILES string of the molecule is Cc1ccc(NC(=O)C(=O)[C@H](C(=O)c2cccc([N+](=O)[O-])c2)[C@@H]2OC(=O)c3ccccc32)c(C)c1. The van der Waals surface area contributed by atoms with Crippen molar-refractivity contribution in [1.82, 2.24) is 0 Å². The van der Waals surface area contributed by atoms with Gasteiger partial charge in [0.1, 0.15) is 12.0 Å². The van der Waals surface area contributed by atoms with E-state index in [2.05, 4.69) is 5.32 Å². The molecule has 9 nitrogen and oxygen atoms in total. The highest BCUT2D eigenvalue weighted by Crippen LogP contribution is 2.38.